The van der Waals surface area contributed by atoms with E-state index in [9.17, 15) is 19.5 Å². The van der Waals surface area contributed by atoms with Gasteiger partial charge in [-0.05, 0) is 49.2 Å². The topological polar surface area (TPSA) is 81.2 Å². The van der Waals surface area contributed by atoms with Gasteiger partial charge >= 0.3 is 0 Å². The van der Waals surface area contributed by atoms with Crippen LogP contribution in [0.1, 0.15) is 12.8 Å². The Morgan fingerprint density at radius 3 is 2.31 bits per heavy atom. The summed E-state index contributed by atoms with van der Waals surface area (Å²) in [7, 11) is 0. The average molecular weight is 564 g/mol. The number of anilines is 2. The number of aliphatic hydroxyl groups excluding tert-OH is 1. The van der Waals surface area contributed by atoms with Crippen LogP contribution in [0.5, 0.6) is 0 Å². The molecule has 4 aliphatic heterocycles. The maximum atomic E-state index is 14.4. The number of hydrogen-bond acceptors (Lipinski definition) is 5. The molecule has 1 N–H and O–H groups in total. The lowest BCUT2D eigenvalue weighted by Gasteiger charge is -2.35. The molecular formula is C30H30ClN3O4S. The second-order valence-electron chi connectivity index (χ2n) is 10.3. The summed E-state index contributed by atoms with van der Waals surface area (Å²) in [4.78, 5) is 47.9. The SMILES string of the molecule is O=C1C2N(CCCCO)C(=O)[C@@H]3[C@@H]4C(=O)N(c5ccccc5)CC=C[C@@H]4S[C@]23C=CCN1c1ccc(Cl)cc1. The molecule has 0 aliphatic carbocycles. The second kappa shape index (κ2) is 10.5. The molecule has 5 atom stereocenters. The fourth-order valence-corrected chi connectivity index (χ4v) is 8.60. The van der Waals surface area contributed by atoms with E-state index in [0.717, 1.165) is 5.69 Å². The molecule has 3 amide bonds. The molecule has 2 saturated heterocycles. The van der Waals surface area contributed by atoms with Crippen LogP contribution in [0.25, 0.3) is 0 Å². The van der Waals surface area contributed by atoms with E-state index in [0.29, 0.717) is 43.2 Å². The third-order valence-electron chi connectivity index (χ3n) is 8.17. The number of amides is 3. The summed E-state index contributed by atoms with van der Waals surface area (Å²) in [6, 6.07) is 15.9. The van der Waals surface area contributed by atoms with Gasteiger partial charge in [-0.15, -0.1) is 11.8 Å². The van der Waals surface area contributed by atoms with Gasteiger partial charge < -0.3 is 19.8 Å². The molecule has 2 aromatic carbocycles. The molecule has 6 rings (SSSR count). The van der Waals surface area contributed by atoms with Gasteiger partial charge in [-0.1, -0.05) is 54.1 Å². The highest BCUT2D eigenvalue weighted by molar-refractivity contribution is 8.02. The number of fused-ring (bicyclic) bond motifs is 2. The summed E-state index contributed by atoms with van der Waals surface area (Å²) in [6.45, 7) is 1.16. The van der Waals surface area contributed by atoms with E-state index < -0.39 is 22.6 Å². The monoisotopic (exact) mass is 563 g/mol. The Hall–Kier alpha value is -3.07. The smallest absolute Gasteiger partial charge is 0.251 e. The van der Waals surface area contributed by atoms with Crippen molar-refractivity contribution >= 4 is 52.5 Å². The summed E-state index contributed by atoms with van der Waals surface area (Å²) in [5, 5.41) is 9.76. The number of para-hydroxylation sites is 1. The highest BCUT2D eigenvalue weighted by Gasteiger charge is 2.71. The molecule has 0 bridgehead atoms. The van der Waals surface area contributed by atoms with Crippen molar-refractivity contribution in [1.82, 2.24) is 4.90 Å². The van der Waals surface area contributed by atoms with E-state index in [1.165, 1.54) is 0 Å². The Labute approximate surface area is 237 Å². The van der Waals surface area contributed by atoms with E-state index in [4.69, 9.17) is 11.6 Å². The fourth-order valence-electron chi connectivity index (χ4n) is 6.46. The molecule has 9 heteroatoms. The van der Waals surface area contributed by atoms with Crippen LogP contribution in [-0.2, 0) is 14.4 Å². The minimum Gasteiger partial charge on any atom is -0.396 e. The van der Waals surface area contributed by atoms with Gasteiger partial charge in [-0.25, -0.2) is 0 Å². The lowest BCUT2D eigenvalue weighted by molar-refractivity contribution is -0.138. The fraction of sp³-hybridized carbons (Fsp3) is 0.367. The van der Waals surface area contributed by atoms with Gasteiger partial charge in [0.25, 0.3) is 5.91 Å². The van der Waals surface area contributed by atoms with Crippen LogP contribution in [0.15, 0.2) is 78.9 Å². The summed E-state index contributed by atoms with van der Waals surface area (Å²) in [5.41, 5.74) is 1.50. The third-order valence-corrected chi connectivity index (χ3v) is 10.2. The minimum absolute atomic E-state index is 0.0147. The van der Waals surface area contributed by atoms with E-state index in [-0.39, 0.29) is 29.6 Å². The van der Waals surface area contributed by atoms with E-state index in [1.54, 1.807) is 38.6 Å². The lowest BCUT2D eigenvalue weighted by Crippen LogP contribution is -2.53. The van der Waals surface area contributed by atoms with Crippen molar-refractivity contribution in [2.45, 2.75) is 28.9 Å². The molecular weight excluding hydrogens is 534 g/mol. The van der Waals surface area contributed by atoms with Gasteiger partial charge in [0.2, 0.25) is 11.8 Å². The van der Waals surface area contributed by atoms with Gasteiger partial charge in [-0.3, -0.25) is 14.4 Å². The van der Waals surface area contributed by atoms with Crippen LogP contribution in [0.4, 0.5) is 11.4 Å². The molecule has 1 unspecified atom stereocenters. The number of unbranched alkanes of at least 4 members (excludes halogenated alkanes) is 1. The van der Waals surface area contributed by atoms with Crippen LogP contribution in [0, 0.1) is 11.8 Å². The summed E-state index contributed by atoms with van der Waals surface area (Å²) >= 11 is 7.68. The van der Waals surface area contributed by atoms with Crippen molar-refractivity contribution in [3.05, 3.63) is 83.9 Å². The molecule has 0 aromatic heterocycles. The summed E-state index contributed by atoms with van der Waals surface area (Å²) in [6.07, 6.45) is 9.13. The zero-order valence-corrected chi connectivity index (χ0v) is 22.9. The number of likely N-dealkylation sites (tertiary alicyclic amines) is 1. The maximum absolute atomic E-state index is 14.4. The number of aliphatic hydroxyl groups is 1. The van der Waals surface area contributed by atoms with E-state index in [1.807, 2.05) is 66.8 Å². The number of halogens is 1. The first-order valence-corrected chi connectivity index (χ1v) is 14.6. The maximum Gasteiger partial charge on any atom is 0.251 e. The lowest BCUT2D eigenvalue weighted by atomic mass is 9.78. The van der Waals surface area contributed by atoms with Crippen molar-refractivity contribution in [2.75, 3.05) is 36.0 Å². The van der Waals surface area contributed by atoms with Crippen molar-refractivity contribution < 1.29 is 19.5 Å². The predicted molar refractivity (Wildman–Crippen MR) is 154 cm³/mol. The van der Waals surface area contributed by atoms with Crippen molar-refractivity contribution in [2.24, 2.45) is 11.8 Å². The first kappa shape index (κ1) is 26.2. The van der Waals surface area contributed by atoms with Gasteiger partial charge in [0.05, 0.1) is 16.6 Å². The number of nitrogens with zero attached hydrogens (tertiary/aromatic N) is 3. The number of hydrogen-bond donors (Lipinski definition) is 1. The third kappa shape index (κ3) is 4.29. The molecule has 39 heavy (non-hydrogen) atoms. The van der Waals surface area contributed by atoms with Gasteiger partial charge in [0.1, 0.15) is 6.04 Å². The Morgan fingerprint density at radius 1 is 0.872 bits per heavy atom. The molecule has 4 aliphatic rings. The van der Waals surface area contributed by atoms with Crippen molar-refractivity contribution in [3.8, 4) is 0 Å². The average Bonchev–Trinajstić information content (AvgIpc) is 3.25. The number of carbonyl (C=O) groups excluding carboxylic acids is 3. The molecule has 4 heterocycles. The minimum atomic E-state index is -0.871. The van der Waals surface area contributed by atoms with Crippen LogP contribution >= 0.6 is 23.4 Å². The number of thioether (sulfide) groups is 1. The Balaban J connectivity index is 1.42. The Morgan fingerprint density at radius 2 is 1.56 bits per heavy atom. The van der Waals surface area contributed by atoms with E-state index in [2.05, 4.69) is 0 Å². The van der Waals surface area contributed by atoms with Crippen LogP contribution < -0.4 is 9.80 Å². The molecule has 0 saturated carbocycles. The molecule has 1 spiro atoms. The zero-order valence-electron chi connectivity index (χ0n) is 21.4. The van der Waals surface area contributed by atoms with Gasteiger partial charge in [0, 0.05) is 47.9 Å². The van der Waals surface area contributed by atoms with Crippen molar-refractivity contribution in [1.29, 1.82) is 0 Å². The largest absolute Gasteiger partial charge is 0.396 e. The molecule has 2 fully saturated rings. The van der Waals surface area contributed by atoms with Gasteiger partial charge in [0.15, 0.2) is 0 Å². The highest BCUT2D eigenvalue weighted by atomic mass is 35.5. The zero-order chi connectivity index (χ0) is 27.1. The number of carbonyl (C=O) groups is 3. The predicted octanol–water partition coefficient (Wildman–Crippen LogP) is 3.92. The van der Waals surface area contributed by atoms with Crippen molar-refractivity contribution in [3.63, 3.8) is 0 Å². The van der Waals surface area contributed by atoms with E-state index >= 15 is 0 Å². The number of benzene rings is 2. The number of rotatable bonds is 6. The van der Waals surface area contributed by atoms with Crippen LogP contribution in [-0.4, -0.2) is 70.0 Å². The molecule has 2 aromatic rings. The first-order valence-electron chi connectivity index (χ1n) is 13.3. The molecule has 202 valence electrons. The molecule has 7 nitrogen and oxygen atoms in total. The summed E-state index contributed by atoms with van der Waals surface area (Å²) in [5.74, 6) is -1.67. The second-order valence-corrected chi connectivity index (χ2v) is 12.3. The van der Waals surface area contributed by atoms with Crippen LogP contribution in [0.3, 0.4) is 0 Å². The van der Waals surface area contributed by atoms with Crippen LogP contribution in [0.2, 0.25) is 5.02 Å². The standard InChI is InChI=1S/C30H30ClN3O4S/c31-20-11-13-22(14-12-20)33-18-7-15-30-25(28(37)34(16-4-5-19-35)26(30)29(33)38)24-23(39-30)10-6-17-32(27(24)36)21-8-2-1-3-9-21/h1-3,6-15,23-26,35H,4-5,16-19H2/t23-,24+,25-,26?,30-/m0/s1. The summed E-state index contributed by atoms with van der Waals surface area (Å²) < 4.78 is -0.871. The molecule has 0 radical (unpaired) electrons. The Kier molecular flexibility index (Phi) is 7.04. The Bertz CT molecular complexity index is 1330. The highest BCUT2D eigenvalue weighted by Crippen LogP contribution is 2.61. The quantitative estimate of drug-likeness (QED) is 0.426. The van der Waals surface area contributed by atoms with Gasteiger partial charge in [-0.2, -0.15) is 0 Å². The first-order chi connectivity index (χ1) is 19.0. The normalized spacial score (nSPS) is 29.8.